The average Bonchev–Trinajstić information content (AvgIpc) is 3.37. The van der Waals surface area contributed by atoms with Crippen LogP contribution in [0.15, 0.2) is 66.2 Å². The van der Waals surface area contributed by atoms with Crippen LogP contribution in [-0.4, -0.2) is 57.2 Å². The molecule has 11 heteroatoms. The van der Waals surface area contributed by atoms with Gasteiger partial charge in [-0.15, -0.1) is 11.3 Å². The third-order valence-corrected chi connectivity index (χ3v) is 7.17. The number of nitrogens with two attached hydrogens (primary N) is 2. The van der Waals surface area contributed by atoms with E-state index in [0.717, 1.165) is 22.4 Å². The minimum Gasteiger partial charge on any atom is -0.380 e. The Kier molecular flexibility index (Phi) is 8.74. The SMILES string of the molecule is C[C@@H](NC(=O)[C@H](O)[C@@H](O)C(=O)N1CCc2ccccc2[C@@H]1c1csc(N)n1)c1ccc(N/C=C\CN)cc1. The fraction of sp³-hybridized carbons (Fsp3) is 0.296. The number of fused-ring (bicyclic) bond motifs is 1. The van der Waals surface area contributed by atoms with Crippen LogP contribution in [0.25, 0.3) is 0 Å². The Morgan fingerprint density at radius 2 is 1.92 bits per heavy atom. The summed E-state index contributed by atoms with van der Waals surface area (Å²) in [6, 6.07) is 14.0. The standard InChI is InChI=1S/C27H32N6O4S/c1-16(17-7-9-19(10-8-17)30-13-4-12-28)31-25(36)23(34)24(35)26(37)33-14-11-18-5-2-3-6-20(18)22(33)21-15-38-27(29)32-21/h2-10,13,15-16,22-24,30,34-35H,11-12,14,28H2,1H3,(H2,29,32)(H,31,36)/b13-4-/t16-,22-,23-,24-/m1/s1. The molecule has 1 aliphatic heterocycles. The highest BCUT2D eigenvalue weighted by atomic mass is 32.1. The lowest BCUT2D eigenvalue weighted by atomic mass is 9.90. The van der Waals surface area contributed by atoms with Crippen molar-refractivity contribution in [2.75, 3.05) is 24.1 Å². The molecule has 0 unspecified atom stereocenters. The van der Waals surface area contributed by atoms with E-state index in [1.807, 2.05) is 48.5 Å². The van der Waals surface area contributed by atoms with Gasteiger partial charge in [-0.2, -0.15) is 0 Å². The Morgan fingerprint density at radius 3 is 2.61 bits per heavy atom. The molecule has 4 atom stereocenters. The number of nitrogens with one attached hydrogen (secondary N) is 2. The molecule has 0 saturated heterocycles. The zero-order chi connectivity index (χ0) is 27.2. The Hall–Kier alpha value is -3.77. The Bertz CT molecular complexity index is 1290. The number of aliphatic hydroxyl groups is 2. The molecule has 0 spiro atoms. The number of thiazole rings is 1. The summed E-state index contributed by atoms with van der Waals surface area (Å²) in [5.41, 5.74) is 15.4. The van der Waals surface area contributed by atoms with Crippen LogP contribution in [0, 0.1) is 0 Å². The minimum atomic E-state index is -1.95. The van der Waals surface area contributed by atoms with Gasteiger partial charge in [-0.1, -0.05) is 42.5 Å². The van der Waals surface area contributed by atoms with Crippen LogP contribution in [-0.2, 0) is 16.0 Å². The van der Waals surface area contributed by atoms with Crippen molar-refractivity contribution in [1.29, 1.82) is 0 Å². The number of amides is 2. The number of aromatic nitrogens is 1. The normalized spacial score (nSPS) is 17.5. The minimum absolute atomic E-state index is 0.292. The van der Waals surface area contributed by atoms with E-state index < -0.39 is 36.1 Å². The average molecular weight is 537 g/mol. The number of aliphatic hydroxyl groups excluding tert-OH is 2. The van der Waals surface area contributed by atoms with E-state index in [2.05, 4.69) is 15.6 Å². The first-order chi connectivity index (χ1) is 18.3. The number of carbonyl (C=O) groups is 2. The van der Waals surface area contributed by atoms with Crippen LogP contribution in [0.1, 0.15) is 41.4 Å². The van der Waals surface area contributed by atoms with Crippen LogP contribution in [0.2, 0.25) is 0 Å². The molecule has 10 nitrogen and oxygen atoms in total. The van der Waals surface area contributed by atoms with Crippen molar-refractivity contribution in [3.05, 3.63) is 88.6 Å². The van der Waals surface area contributed by atoms with Gasteiger partial charge in [0.25, 0.3) is 11.8 Å². The number of hydrogen-bond acceptors (Lipinski definition) is 9. The largest absolute Gasteiger partial charge is 0.380 e. The zero-order valence-electron chi connectivity index (χ0n) is 20.9. The van der Waals surface area contributed by atoms with Gasteiger partial charge in [0.1, 0.15) is 6.04 Å². The van der Waals surface area contributed by atoms with E-state index in [-0.39, 0.29) is 0 Å². The van der Waals surface area contributed by atoms with Crippen molar-refractivity contribution < 1.29 is 19.8 Å². The van der Waals surface area contributed by atoms with Gasteiger partial charge in [0.2, 0.25) is 0 Å². The lowest BCUT2D eigenvalue weighted by molar-refractivity contribution is -0.155. The molecule has 2 heterocycles. The van der Waals surface area contributed by atoms with Gasteiger partial charge in [-0.3, -0.25) is 9.59 Å². The number of carbonyl (C=O) groups excluding carboxylic acids is 2. The van der Waals surface area contributed by atoms with E-state index in [9.17, 15) is 19.8 Å². The number of anilines is 2. The van der Waals surface area contributed by atoms with E-state index in [0.29, 0.717) is 30.3 Å². The Labute approximate surface area is 225 Å². The second-order valence-electron chi connectivity index (χ2n) is 9.02. The maximum absolute atomic E-state index is 13.4. The van der Waals surface area contributed by atoms with E-state index in [1.165, 1.54) is 16.2 Å². The molecule has 2 aromatic carbocycles. The summed E-state index contributed by atoms with van der Waals surface area (Å²) < 4.78 is 0. The zero-order valence-corrected chi connectivity index (χ0v) is 21.8. The van der Waals surface area contributed by atoms with Gasteiger partial charge < -0.3 is 37.2 Å². The van der Waals surface area contributed by atoms with Crippen LogP contribution in [0.3, 0.4) is 0 Å². The van der Waals surface area contributed by atoms with Gasteiger partial charge in [0.05, 0.1) is 11.7 Å². The quantitative estimate of drug-likeness (QED) is 0.240. The van der Waals surface area contributed by atoms with Crippen molar-refractivity contribution in [3.8, 4) is 0 Å². The molecule has 0 radical (unpaired) electrons. The molecule has 0 fully saturated rings. The van der Waals surface area contributed by atoms with Crippen LogP contribution >= 0.6 is 11.3 Å². The summed E-state index contributed by atoms with van der Waals surface area (Å²) in [4.78, 5) is 32.0. The summed E-state index contributed by atoms with van der Waals surface area (Å²) in [5.74, 6) is -1.61. The molecule has 0 aliphatic carbocycles. The maximum Gasteiger partial charge on any atom is 0.255 e. The molecule has 0 saturated carbocycles. The van der Waals surface area contributed by atoms with E-state index in [1.54, 1.807) is 24.6 Å². The molecule has 3 aromatic rings. The number of nitrogen functional groups attached to an aromatic ring is 1. The van der Waals surface area contributed by atoms with Crippen LogP contribution < -0.4 is 22.1 Å². The predicted molar refractivity (Wildman–Crippen MR) is 147 cm³/mol. The van der Waals surface area contributed by atoms with Gasteiger partial charge in [-0.25, -0.2) is 4.98 Å². The van der Waals surface area contributed by atoms with Crippen molar-refractivity contribution in [3.63, 3.8) is 0 Å². The first kappa shape index (κ1) is 27.3. The first-order valence-electron chi connectivity index (χ1n) is 12.3. The fourth-order valence-electron chi connectivity index (χ4n) is 4.47. The fourth-order valence-corrected chi connectivity index (χ4v) is 5.05. The second-order valence-corrected chi connectivity index (χ2v) is 9.91. The molecule has 200 valence electrons. The molecule has 38 heavy (non-hydrogen) atoms. The van der Waals surface area contributed by atoms with Crippen molar-refractivity contribution in [1.82, 2.24) is 15.2 Å². The highest BCUT2D eigenvalue weighted by molar-refractivity contribution is 7.13. The van der Waals surface area contributed by atoms with E-state index in [4.69, 9.17) is 11.5 Å². The van der Waals surface area contributed by atoms with Gasteiger partial charge >= 0.3 is 0 Å². The van der Waals surface area contributed by atoms with E-state index >= 15 is 0 Å². The number of benzene rings is 2. The lowest BCUT2D eigenvalue weighted by Gasteiger charge is -2.38. The Morgan fingerprint density at radius 1 is 1.18 bits per heavy atom. The van der Waals surface area contributed by atoms with Gasteiger partial charge in [0, 0.05) is 24.2 Å². The summed E-state index contributed by atoms with van der Waals surface area (Å²) >= 11 is 1.26. The third kappa shape index (κ3) is 6.03. The number of rotatable bonds is 9. The first-order valence-corrected chi connectivity index (χ1v) is 13.2. The number of hydrogen-bond donors (Lipinski definition) is 6. The van der Waals surface area contributed by atoms with Crippen LogP contribution in [0.4, 0.5) is 10.8 Å². The molecular weight excluding hydrogens is 504 g/mol. The van der Waals surface area contributed by atoms with Gasteiger partial charge in [0.15, 0.2) is 17.3 Å². The second kappa shape index (κ2) is 12.2. The molecule has 0 bridgehead atoms. The van der Waals surface area contributed by atoms with Crippen molar-refractivity contribution >= 4 is 34.0 Å². The highest BCUT2D eigenvalue weighted by Gasteiger charge is 2.40. The maximum atomic E-state index is 13.4. The van der Waals surface area contributed by atoms with Crippen molar-refractivity contribution in [2.45, 2.75) is 37.6 Å². The summed E-state index contributed by atoms with van der Waals surface area (Å²) in [6.45, 7) is 2.47. The molecule has 2 amide bonds. The number of nitrogens with zero attached hydrogens (tertiary/aromatic N) is 2. The molecule has 1 aliphatic rings. The summed E-state index contributed by atoms with van der Waals surface area (Å²) in [7, 11) is 0. The van der Waals surface area contributed by atoms with Gasteiger partial charge in [-0.05, 0) is 48.4 Å². The monoisotopic (exact) mass is 536 g/mol. The third-order valence-electron chi connectivity index (χ3n) is 6.48. The Balaban J connectivity index is 1.44. The smallest absolute Gasteiger partial charge is 0.255 e. The topological polar surface area (TPSA) is 167 Å². The summed E-state index contributed by atoms with van der Waals surface area (Å²) in [5, 5.41) is 29.3. The predicted octanol–water partition coefficient (Wildman–Crippen LogP) is 1.68. The highest BCUT2D eigenvalue weighted by Crippen LogP contribution is 2.36. The lowest BCUT2D eigenvalue weighted by Crippen LogP contribution is -2.53. The van der Waals surface area contributed by atoms with Crippen LogP contribution in [0.5, 0.6) is 0 Å². The van der Waals surface area contributed by atoms with Crippen molar-refractivity contribution in [2.24, 2.45) is 5.73 Å². The molecule has 8 N–H and O–H groups in total. The summed E-state index contributed by atoms with van der Waals surface area (Å²) in [6.07, 6.45) is 0.181. The molecule has 4 rings (SSSR count). The molecular formula is C27H32N6O4S. The molecule has 1 aromatic heterocycles.